The van der Waals surface area contributed by atoms with Gasteiger partial charge >= 0.3 is 0 Å². The molecule has 8 N–H and O–H groups in total. The molecule has 0 aliphatic carbocycles. The molecule has 0 unspecified atom stereocenters. The number of rotatable bonds is 4. The number of anilines is 3. The Bertz CT molecular complexity index is 2640. The highest BCUT2D eigenvalue weighted by atomic mass is 16.1. The molecule has 54 heavy (non-hydrogen) atoms. The molecule has 0 bridgehead atoms. The minimum atomic E-state index is -0.299. The summed E-state index contributed by atoms with van der Waals surface area (Å²) in [5.41, 5.74) is 21.2. The standard InChI is InChI=1S/C9H13N5.C8H11N5O.C8H11N5.C8H10N4O/c1-5(2)14-4-11-7-8(10)12-6(3)13-9(7)14;1-4(2)13-3-10-5-6(13)11-8(9)12-7(5)14;1-5(2)13-4-12-6-7(9)10-3-11-8(6)13;1-5(2)12-4-11-6-7(12)9-3-10-8(6)13/h4-5H,1-3H3,(H2,10,12,13);3-4H,1-2H3,(H3,9,11,12,14);3-5H,1-2H3,(H2,9,10,11);3-5H,1-2H3,(H,9,10,13). The Kier molecular flexibility index (Phi) is 11.3. The molecule has 0 atom stereocenters. The molecule has 0 amide bonds. The molecule has 0 saturated carbocycles. The van der Waals surface area contributed by atoms with Crippen molar-refractivity contribution in [3.8, 4) is 0 Å². The second-order valence-corrected chi connectivity index (χ2v) is 13.3. The van der Waals surface area contributed by atoms with Crippen LogP contribution >= 0.6 is 0 Å². The Morgan fingerprint density at radius 1 is 0.519 bits per heavy atom. The van der Waals surface area contributed by atoms with Gasteiger partial charge in [0.25, 0.3) is 11.1 Å². The van der Waals surface area contributed by atoms with E-state index < -0.39 is 0 Å². The van der Waals surface area contributed by atoms with Crippen LogP contribution in [-0.4, -0.2) is 78.1 Å². The van der Waals surface area contributed by atoms with Gasteiger partial charge in [-0.15, -0.1) is 0 Å². The molecule has 0 fully saturated rings. The number of nitrogens with two attached hydrogens (primary N) is 3. The topological polar surface area (TPSA) is 292 Å². The number of nitrogens with zero attached hydrogens (tertiary/aromatic N) is 14. The molecule has 8 heterocycles. The number of hydrogen-bond acceptors (Lipinski definition) is 15. The lowest BCUT2D eigenvalue weighted by atomic mass is 10.4. The van der Waals surface area contributed by atoms with Gasteiger partial charge in [-0.25, -0.2) is 44.9 Å². The zero-order valence-electron chi connectivity index (χ0n) is 31.6. The number of nitrogens with one attached hydrogen (secondary N) is 2. The Labute approximate surface area is 308 Å². The van der Waals surface area contributed by atoms with Gasteiger partial charge in [0, 0.05) is 24.2 Å². The van der Waals surface area contributed by atoms with Crippen LogP contribution in [0, 0.1) is 6.92 Å². The number of aromatic amines is 2. The molecule has 0 aliphatic rings. The highest BCUT2D eigenvalue weighted by Crippen LogP contribution is 2.20. The van der Waals surface area contributed by atoms with Gasteiger partial charge in [-0.05, 0) is 62.3 Å². The summed E-state index contributed by atoms with van der Waals surface area (Å²) in [6.07, 6.45) is 9.57. The second-order valence-electron chi connectivity index (χ2n) is 13.3. The third kappa shape index (κ3) is 7.98. The van der Waals surface area contributed by atoms with E-state index in [4.69, 9.17) is 17.2 Å². The maximum atomic E-state index is 11.4. The predicted molar refractivity (Wildman–Crippen MR) is 206 cm³/mol. The fourth-order valence-corrected chi connectivity index (χ4v) is 5.24. The van der Waals surface area contributed by atoms with E-state index in [9.17, 15) is 9.59 Å². The number of aryl methyl sites for hydroxylation is 1. The van der Waals surface area contributed by atoms with Gasteiger partial charge in [0.1, 0.15) is 23.2 Å². The lowest BCUT2D eigenvalue weighted by molar-refractivity contribution is 0.612. The van der Waals surface area contributed by atoms with Crippen LogP contribution in [0.4, 0.5) is 17.6 Å². The molecule has 8 rings (SSSR count). The number of imidazole rings is 4. The van der Waals surface area contributed by atoms with Crippen LogP contribution in [0.1, 0.15) is 85.4 Å². The molecule has 0 saturated heterocycles. The first kappa shape index (κ1) is 38.4. The van der Waals surface area contributed by atoms with Gasteiger partial charge in [0.2, 0.25) is 5.95 Å². The molecule has 0 spiro atoms. The van der Waals surface area contributed by atoms with E-state index in [1.807, 2.05) is 48.3 Å². The number of nitrogen functional groups attached to an aromatic ring is 3. The first-order chi connectivity index (χ1) is 25.6. The minimum Gasteiger partial charge on any atom is -0.382 e. The van der Waals surface area contributed by atoms with Crippen LogP contribution in [-0.2, 0) is 0 Å². The summed E-state index contributed by atoms with van der Waals surface area (Å²) < 4.78 is 7.62. The fourth-order valence-electron chi connectivity index (χ4n) is 5.24. The van der Waals surface area contributed by atoms with Crippen LogP contribution in [0.2, 0.25) is 0 Å². The van der Waals surface area contributed by atoms with Crippen molar-refractivity contribution in [3.63, 3.8) is 0 Å². The number of fused-ring (bicyclic) bond motifs is 4. The molecular formula is C33H45N19O2. The zero-order valence-corrected chi connectivity index (χ0v) is 31.6. The first-order valence-electron chi connectivity index (χ1n) is 17.1. The van der Waals surface area contributed by atoms with Crippen molar-refractivity contribution >= 4 is 62.2 Å². The third-order valence-corrected chi connectivity index (χ3v) is 7.99. The van der Waals surface area contributed by atoms with Crippen LogP contribution < -0.4 is 28.3 Å². The average Bonchev–Trinajstić information content (AvgIpc) is 3.90. The molecule has 0 radical (unpaired) electrons. The predicted octanol–water partition coefficient (Wildman–Crippen LogP) is 3.27. The summed E-state index contributed by atoms with van der Waals surface area (Å²) in [7, 11) is 0. The Balaban J connectivity index is 0.000000139. The third-order valence-electron chi connectivity index (χ3n) is 7.99. The Hall–Kier alpha value is -6.80. The largest absolute Gasteiger partial charge is 0.382 e. The van der Waals surface area contributed by atoms with Crippen molar-refractivity contribution in [2.24, 2.45) is 0 Å². The lowest BCUT2D eigenvalue weighted by Crippen LogP contribution is -2.12. The second kappa shape index (κ2) is 15.8. The van der Waals surface area contributed by atoms with Gasteiger partial charge in [-0.1, -0.05) is 0 Å². The summed E-state index contributed by atoms with van der Waals surface area (Å²) in [5.74, 6) is 1.68. The van der Waals surface area contributed by atoms with E-state index in [1.165, 1.54) is 12.7 Å². The summed E-state index contributed by atoms with van der Waals surface area (Å²) in [6, 6.07) is 1.13. The van der Waals surface area contributed by atoms with Crippen LogP contribution in [0.25, 0.3) is 44.7 Å². The summed E-state index contributed by atoms with van der Waals surface area (Å²) in [6.45, 7) is 18.1. The van der Waals surface area contributed by atoms with E-state index in [2.05, 4.69) is 87.5 Å². The Morgan fingerprint density at radius 3 is 1.50 bits per heavy atom. The Morgan fingerprint density at radius 2 is 0.963 bits per heavy atom. The molecule has 0 aromatic carbocycles. The van der Waals surface area contributed by atoms with E-state index in [0.29, 0.717) is 62.9 Å². The van der Waals surface area contributed by atoms with E-state index in [-0.39, 0.29) is 29.2 Å². The van der Waals surface area contributed by atoms with Gasteiger partial charge in [-0.2, -0.15) is 4.98 Å². The smallest absolute Gasteiger partial charge is 0.280 e. The van der Waals surface area contributed by atoms with Crippen molar-refractivity contribution in [1.82, 2.24) is 78.1 Å². The SMILES string of the molecule is CC(C)n1cnc2c(=O)[nH]c(N)nc21.CC(C)n1cnc2c(=O)[nH]cnc21.CC(C)n1cnc2c(N)ncnc21.Cc1nc(N)c2ncn(C(C)C)c2n1. The van der Waals surface area contributed by atoms with E-state index in [1.54, 1.807) is 29.9 Å². The normalized spacial score (nSPS) is 11.4. The van der Waals surface area contributed by atoms with Crippen LogP contribution in [0.15, 0.2) is 47.6 Å². The van der Waals surface area contributed by atoms with Crippen molar-refractivity contribution < 1.29 is 0 Å². The molecule has 8 aromatic heterocycles. The molecule has 21 nitrogen and oxygen atoms in total. The zero-order chi connectivity index (χ0) is 39.4. The molecular weight excluding hydrogens is 694 g/mol. The van der Waals surface area contributed by atoms with Crippen molar-refractivity contribution in [3.05, 3.63) is 64.5 Å². The fraction of sp³-hybridized carbons (Fsp3) is 0.394. The van der Waals surface area contributed by atoms with Gasteiger partial charge in [0.05, 0.1) is 31.6 Å². The monoisotopic (exact) mass is 739 g/mol. The first-order valence-corrected chi connectivity index (χ1v) is 17.1. The van der Waals surface area contributed by atoms with Crippen molar-refractivity contribution in [2.45, 2.75) is 86.5 Å². The van der Waals surface area contributed by atoms with Crippen molar-refractivity contribution in [1.29, 1.82) is 0 Å². The highest BCUT2D eigenvalue weighted by Gasteiger charge is 2.13. The van der Waals surface area contributed by atoms with Gasteiger partial charge in [0.15, 0.2) is 45.3 Å². The van der Waals surface area contributed by atoms with E-state index >= 15 is 0 Å². The van der Waals surface area contributed by atoms with Crippen molar-refractivity contribution in [2.75, 3.05) is 17.2 Å². The number of aromatic nitrogens is 16. The average molecular weight is 740 g/mol. The highest BCUT2D eigenvalue weighted by molar-refractivity contribution is 5.82. The maximum absolute atomic E-state index is 11.4. The van der Waals surface area contributed by atoms with E-state index in [0.717, 1.165) is 11.3 Å². The van der Waals surface area contributed by atoms with Crippen LogP contribution in [0.5, 0.6) is 0 Å². The molecule has 0 aliphatic heterocycles. The lowest BCUT2D eigenvalue weighted by Gasteiger charge is -2.07. The quantitative estimate of drug-likeness (QED) is 0.173. The molecule has 21 heteroatoms. The number of hydrogen-bond donors (Lipinski definition) is 5. The molecule has 8 aromatic rings. The summed E-state index contributed by atoms with van der Waals surface area (Å²) in [5, 5.41) is 0. The molecule has 284 valence electrons. The van der Waals surface area contributed by atoms with Gasteiger partial charge in [-0.3, -0.25) is 14.6 Å². The maximum Gasteiger partial charge on any atom is 0.280 e. The summed E-state index contributed by atoms with van der Waals surface area (Å²) >= 11 is 0. The van der Waals surface area contributed by atoms with Crippen LogP contribution in [0.3, 0.4) is 0 Å². The number of H-pyrrole nitrogens is 2. The summed E-state index contributed by atoms with van der Waals surface area (Å²) in [4.78, 5) is 68.3. The minimum absolute atomic E-state index is 0.116. The van der Waals surface area contributed by atoms with Gasteiger partial charge < -0.3 is 40.5 Å².